The summed E-state index contributed by atoms with van der Waals surface area (Å²) in [5, 5.41) is 6.40. The van der Waals surface area contributed by atoms with Crippen molar-refractivity contribution in [3.8, 4) is 0 Å². The van der Waals surface area contributed by atoms with E-state index in [-0.39, 0.29) is 24.4 Å². The molecule has 1 aromatic rings. The number of nitrogens with zero attached hydrogens (tertiary/aromatic N) is 1. The third-order valence-electron chi connectivity index (χ3n) is 2.93. The maximum Gasteiger partial charge on any atom is 0.271 e. The minimum atomic E-state index is -0.100. The Labute approximate surface area is 121 Å². The minimum Gasteiger partial charge on any atom is -0.348 e. The van der Waals surface area contributed by atoms with Crippen LogP contribution in [0.1, 0.15) is 30.3 Å². The lowest BCUT2D eigenvalue weighted by atomic mass is 10.0. The van der Waals surface area contributed by atoms with Crippen LogP contribution in [0.4, 0.5) is 0 Å². The molecular weight excluding hydrogens is 318 g/mol. The molecule has 2 atom stereocenters. The summed E-state index contributed by atoms with van der Waals surface area (Å²) >= 11 is 3.34. The fourth-order valence-electron chi connectivity index (χ4n) is 2.07. The average Bonchev–Trinajstić information content (AvgIpc) is 2.29. The van der Waals surface area contributed by atoms with Crippen LogP contribution in [0.25, 0.3) is 0 Å². The second-order valence-electron chi connectivity index (χ2n) is 4.38. The van der Waals surface area contributed by atoms with Gasteiger partial charge in [-0.25, -0.2) is 4.98 Å². The zero-order valence-electron chi connectivity index (χ0n) is 10.1. The summed E-state index contributed by atoms with van der Waals surface area (Å²) in [7, 11) is 0. The quantitative estimate of drug-likeness (QED) is 0.871. The maximum atomic E-state index is 12.0. The standard InChI is InChI=1S/C12H16BrN3O.ClH/c1-8-7-9(4-6-14-8)16-12(17)11-10(13)3-2-5-15-11;/h2-3,5,8-9,14H,4,6-7H2,1H3,(H,16,17);1H. The number of aromatic nitrogens is 1. The van der Waals surface area contributed by atoms with Crippen molar-refractivity contribution < 1.29 is 4.79 Å². The van der Waals surface area contributed by atoms with Crippen molar-refractivity contribution in [2.24, 2.45) is 0 Å². The number of rotatable bonds is 2. The molecule has 100 valence electrons. The van der Waals surface area contributed by atoms with Crippen LogP contribution in [0.2, 0.25) is 0 Å². The Morgan fingerprint density at radius 1 is 1.61 bits per heavy atom. The highest BCUT2D eigenvalue weighted by molar-refractivity contribution is 9.10. The Morgan fingerprint density at radius 2 is 2.39 bits per heavy atom. The van der Waals surface area contributed by atoms with Crippen molar-refractivity contribution in [2.75, 3.05) is 6.54 Å². The molecule has 0 aromatic carbocycles. The van der Waals surface area contributed by atoms with E-state index in [1.165, 1.54) is 0 Å². The van der Waals surface area contributed by atoms with E-state index in [0.29, 0.717) is 11.7 Å². The molecule has 1 aliphatic heterocycles. The molecule has 2 heterocycles. The summed E-state index contributed by atoms with van der Waals surface area (Å²) in [5.41, 5.74) is 0.457. The molecule has 4 nitrogen and oxygen atoms in total. The highest BCUT2D eigenvalue weighted by Gasteiger charge is 2.21. The summed E-state index contributed by atoms with van der Waals surface area (Å²) in [6.07, 6.45) is 3.57. The van der Waals surface area contributed by atoms with Gasteiger partial charge in [-0.1, -0.05) is 0 Å². The van der Waals surface area contributed by atoms with Crippen molar-refractivity contribution in [1.29, 1.82) is 0 Å². The number of carbonyl (C=O) groups excluding carboxylic acids is 1. The van der Waals surface area contributed by atoms with E-state index in [9.17, 15) is 4.79 Å². The third kappa shape index (κ3) is 3.93. The molecule has 1 saturated heterocycles. The highest BCUT2D eigenvalue weighted by atomic mass is 79.9. The molecule has 1 amide bonds. The van der Waals surface area contributed by atoms with Crippen LogP contribution >= 0.6 is 28.3 Å². The van der Waals surface area contributed by atoms with Gasteiger partial charge in [0.25, 0.3) is 5.91 Å². The van der Waals surface area contributed by atoms with E-state index < -0.39 is 0 Å². The molecule has 2 N–H and O–H groups in total. The van der Waals surface area contributed by atoms with Gasteiger partial charge in [0.15, 0.2) is 0 Å². The lowest BCUT2D eigenvalue weighted by Gasteiger charge is -2.28. The molecule has 2 unspecified atom stereocenters. The van der Waals surface area contributed by atoms with E-state index in [2.05, 4.69) is 38.5 Å². The molecule has 1 aromatic heterocycles. The fourth-order valence-corrected chi connectivity index (χ4v) is 2.50. The topological polar surface area (TPSA) is 54.0 Å². The zero-order chi connectivity index (χ0) is 12.3. The van der Waals surface area contributed by atoms with Crippen molar-refractivity contribution in [1.82, 2.24) is 15.6 Å². The van der Waals surface area contributed by atoms with Gasteiger partial charge in [0.05, 0.1) is 0 Å². The van der Waals surface area contributed by atoms with Gasteiger partial charge in [0.1, 0.15) is 5.69 Å². The maximum absolute atomic E-state index is 12.0. The van der Waals surface area contributed by atoms with Crippen molar-refractivity contribution >= 4 is 34.2 Å². The summed E-state index contributed by atoms with van der Waals surface area (Å²) in [5.74, 6) is -0.100. The van der Waals surface area contributed by atoms with Gasteiger partial charge in [-0.05, 0) is 54.4 Å². The van der Waals surface area contributed by atoms with E-state index in [1.807, 2.05) is 6.07 Å². The third-order valence-corrected chi connectivity index (χ3v) is 3.57. The SMILES string of the molecule is CC1CC(NC(=O)c2ncccc2Br)CCN1.Cl. The Morgan fingerprint density at radius 3 is 3.06 bits per heavy atom. The first-order chi connectivity index (χ1) is 8.16. The predicted molar refractivity (Wildman–Crippen MR) is 77.1 cm³/mol. The van der Waals surface area contributed by atoms with Gasteiger partial charge in [-0.2, -0.15) is 0 Å². The summed E-state index contributed by atoms with van der Waals surface area (Å²) < 4.78 is 0.736. The second kappa shape index (κ2) is 7.07. The van der Waals surface area contributed by atoms with Gasteiger partial charge in [-0.3, -0.25) is 4.79 Å². The molecule has 18 heavy (non-hydrogen) atoms. The minimum absolute atomic E-state index is 0. The Kier molecular flexibility index (Phi) is 6.05. The van der Waals surface area contributed by atoms with E-state index in [4.69, 9.17) is 0 Å². The lowest BCUT2D eigenvalue weighted by molar-refractivity contribution is 0.0919. The fraction of sp³-hybridized carbons (Fsp3) is 0.500. The number of piperidine rings is 1. The van der Waals surface area contributed by atoms with Gasteiger partial charge < -0.3 is 10.6 Å². The van der Waals surface area contributed by atoms with Gasteiger partial charge in [-0.15, -0.1) is 12.4 Å². The van der Waals surface area contributed by atoms with E-state index in [0.717, 1.165) is 23.9 Å². The molecule has 1 fully saturated rings. The molecule has 0 spiro atoms. The largest absolute Gasteiger partial charge is 0.348 e. The molecule has 1 aliphatic rings. The number of hydrogen-bond acceptors (Lipinski definition) is 3. The smallest absolute Gasteiger partial charge is 0.271 e. The number of amides is 1. The van der Waals surface area contributed by atoms with Crippen LogP contribution < -0.4 is 10.6 Å². The number of hydrogen-bond donors (Lipinski definition) is 2. The number of pyridine rings is 1. The van der Waals surface area contributed by atoms with Crippen LogP contribution in [-0.4, -0.2) is 29.5 Å². The van der Waals surface area contributed by atoms with Gasteiger partial charge >= 0.3 is 0 Å². The predicted octanol–water partition coefficient (Wildman–Crippen LogP) is 2.14. The van der Waals surface area contributed by atoms with Crippen LogP contribution in [0.3, 0.4) is 0 Å². The summed E-state index contributed by atoms with van der Waals surface area (Å²) in [6, 6.07) is 4.33. The average molecular weight is 335 g/mol. The van der Waals surface area contributed by atoms with E-state index >= 15 is 0 Å². The lowest BCUT2D eigenvalue weighted by Crippen LogP contribution is -2.46. The first-order valence-electron chi connectivity index (χ1n) is 5.81. The van der Waals surface area contributed by atoms with Crippen molar-refractivity contribution in [2.45, 2.75) is 31.8 Å². The summed E-state index contributed by atoms with van der Waals surface area (Å²) in [4.78, 5) is 16.1. The van der Waals surface area contributed by atoms with Crippen molar-refractivity contribution in [3.05, 3.63) is 28.5 Å². The Bertz CT molecular complexity index is 416. The first kappa shape index (κ1) is 15.4. The van der Waals surface area contributed by atoms with Gasteiger partial charge in [0, 0.05) is 22.8 Å². The second-order valence-corrected chi connectivity index (χ2v) is 5.24. The molecule has 0 bridgehead atoms. The molecule has 6 heteroatoms. The monoisotopic (exact) mass is 333 g/mol. The summed E-state index contributed by atoms with van der Waals surface area (Å²) in [6.45, 7) is 3.09. The molecule has 2 rings (SSSR count). The number of halogens is 2. The van der Waals surface area contributed by atoms with Crippen molar-refractivity contribution in [3.63, 3.8) is 0 Å². The molecular formula is C12H17BrClN3O. The Hall–Kier alpha value is -0.650. The highest BCUT2D eigenvalue weighted by Crippen LogP contribution is 2.14. The number of carbonyl (C=O) groups is 1. The van der Waals surface area contributed by atoms with Crippen LogP contribution in [-0.2, 0) is 0 Å². The first-order valence-corrected chi connectivity index (χ1v) is 6.61. The van der Waals surface area contributed by atoms with Crippen LogP contribution in [0.5, 0.6) is 0 Å². The number of nitrogens with one attached hydrogen (secondary N) is 2. The molecule has 0 saturated carbocycles. The van der Waals surface area contributed by atoms with Crippen LogP contribution in [0, 0.1) is 0 Å². The zero-order valence-corrected chi connectivity index (χ0v) is 12.6. The van der Waals surface area contributed by atoms with Gasteiger partial charge in [0.2, 0.25) is 0 Å². The van der Waals surface area contributed by atoms with E-state index in [1.54, 1.807) is 12.3 Å². The molecule has 0 aliphatic carbocycles. The van der Waals surface area contributed by atoms with Crippen LogP contribution in [0.15, 0.2) is 22.8 Å². The normalized spacial score (nSPS) is 23.0. The Balaban J connectivity index is 0.00000162. The molecule has 0 radical (unpaired) electrons.